The minimum absolute atomic E-state index is 0. The Morgan fingerprint density at radius 1 is 1.17 bits per heavy atom. The Bertz CT molecular complexity index is 1080. The van der Waals surface area contributed by atoms with Crippen LogP contribution in [0.5, 0.6) is 17.4 Å². The van der Waals surface area contributed by atoms with E-state index in [4.69, 9.17) is 19.9 Å². The molecule has 1 amide bonds. The zero-order valence-electron chi connectivity index (χ0n) is 20.0. The van der Waals surface area contributed by atoms with Crippen LogP contribution in [0.4, 0.5) is 5.69 Å². The van der Waals surface area contributed by atoms with Crippen molar-refractivity contribution in [2.45, 2.75) is 33.1 Å². The van der Waals surface area contributed by atoms with Gasteiger partial charge in [-0.2, -0.15) is 0 Å². The van der Waals surface area contributed by atoms with E-state index in [-0.39, 0.29) is 30.6 Å². The molecule has 0 saturated carbocycles. The van der Waals surface area contributed by atoms with Crippen molar-refractivity contribution in [3.63, 3.8) is 0 Å². The first-order chi connectivity index (χ1) is 15.7. The van der Waals surface area contributed by atoms with E-state index in [9.17, 15) is 13.2 Å². The first-order valence-electron chi connectivity index (χ1n) is 10.6. The van der Waals surface area contributed by atoms with E-state index in [2.05, 4.69) is 9.71 Å². The first-order valence-corrected chi connectivity index (χ1v) is 12.3. The number of methoxy groups -OCH3 is 1. The fourth-order valence-corrected chi connectivity index (χ4v) is 3.88. The summed E-state index contributed by atoms with van der Waals surface area (Å²) in [6.45, 7) is 4.55. The smallest absolute Gasteiger partial charge is 0.257 e. The van der Waals surface area contributed by atoms with Gasteiger partial charge >= 0.3 is 0 Å². The lowest BCUT2D eigenvalue weighted by Crippen LogP contribution is -2.31. The molecule has 0 aliphatic carbocycles. The average Bonchev–Trinajstić information content (AvgIpc) is 2.75. The Balaban J connectivity index is 0.00000578. The number of aromatic nitrogens is 1. The molecule has 9 nitrogen and oxygen atoms in total. The van der Waals surface area contributed by atoms with Gasteiger partial charge in [0.15, 0.2) is 0 Å². The second kappa shape index (κ2) is 16.2. The number of hydrogen-bond donors (Lipinski definition) is 2. The van der Waals surface area contributed by atoms with E-state index in [1.165, 1.54) is 12.3 Å². The molecule has 0 aliphatic heterocycles. The van der Waals surface area contributed by atoms with Gasteiger partial charge in [-0.05, 0) is 37.6 Å². The van der Waals surface area contributed by atoms with E-state index in [0.29, 0.717) is 48.3 Å². The summed E-state index contributed by atoms with van der Waals surface area (Å²) < 4.78 is 42.7. The summed E-state index contributed by atoms with van der Waals surface area (Å²) in [4.78, 5) is 16.4. The standard InChI is InChI=1S/C23H31N3O6S.2ClH/c1-4-5-6-13-33(28,29)26-22(27)10-8-18-7-9-20(31-12-11-30-3)15-21(18)32-23-17(2)14-19(24)16-25-23;;/h7-10,14-16H,4-6,11-13,24H2,1-3H3,(H,26,27);2*1H/b10-8+;;. The number of carbonyl (C=O) groups excluding carboxylic acids is 1. The normalized spacial score (nSPS) is 10.8. The van der Waals surface area contributed by atoms with Crippen molar-refractivity contribution >= 4 is 52.5 Å². The molecule has 0 spiro atoms. The SMILES string of the molecule is CCCCCS(=O)(=O)NC(=O)/C=C/c1ccc(OCCOC)cc1Oc1ncc(N)cc1C.Cl.Cl. The Labute approximate surface area is 219 Å². The molecule has 2 aromatic rings. The highest BCUT2D eigenvalue weighted by molar-refractivity contribution is 7.90. The predicted molar refractivity (Wildman–Crippen MR) is 142 cm³/mol. The van der Waals surface area contributed by atoms with Crippen LogP contribution in [0, 0.1) is 6.92 Å². The van der Waals surface area contributed by atoms with Crippen LogP contribution in [0.3, 0.4) is 0 Å². The Kier molecular flexibility index (Phi) is 15.0. The number of nitrogens with one attached hydrogen (secondary N) is 1. The molecule has 12 heteroatoms. The number of pyridine rings is 1. The predicted octanol–water partition coefficient (Wildman–Crippen LogP) is 4.28. The van der Waals surface area contributed by atoms with Crippen molar-refractivity contribution in [3.05, 3.63) is 47.7 Å². The molecule has 0 aliphatic rings. The Morgan fingerprint density at radius 2 is 1.91 bits per heavy atom. The van der Waals surface area contributed by atoms with Crippen molar-refractivity contribution in [1.29, 1.82) is 0 Å². The number of ether oxygens (including phenoxy) is 3. The molecular weight excluding hydrogens is 517 g/mol. The highest BCUT2D eigenvalue weighted by Gasteiger charge is 2.13. The van der Waals surface area contributed by atoms with Gasteiger partial charge in [-0.3, -0.25) is 4.79 Å². The van der Waals surface area contributed by atoms with Crippen LogP contribution < -0.4 is 19.9 Å². The maximum Gasteiger partial charge on any atom is 0.257 e. The summed E-state index contributed by atoms with van der Waals surface area (Å²) in [5, 5.41) is 0. The van der Waals surface area contributed by atoms with E-state index in [1.807, 2.05) is 13.8 Å². The number of nitrogen functional groups attached to an aromatic ring is 1. The monoisotopic (exact) mass is 549 g/mol. The third kappa shape index (κ3) is 11.6. The largest absolute Gasteiger partial charge is 0.491 e. The highest BCUT2D eigenvalue weighted by atomic mass is 35.5. The number of anilines is 1. The summed E-state index contributed by atoms with van der Waals surface area (Å²) in [7, 11) is -2.10. The molecule has 2 rings (SSSR count). The van der Waals surface area contributed by atoms with E-state index in [0.717, 1.165) is 24.5 Å². The van der Waals surface area contributed by atoms with Gasteiger partial charge < -0.3 is 19.9 Å². The number of sulfonamides is 1. The number of aryl methyl sites for hydroxylation is 1. The summed E-state index contributed by atoms with van der Waals surface area (Å²) in [6, 6.07) is 6.80. The third-order valence-electron chi connectivity index (χ3n) is 4.49. The number of unbranched alkanes of at least 4 members (excludes halogenated alkanes) is 2. The lowest BCUT2D eigenvalue weighted by Gasteiger charge is -2.13. The van der Waals surface area contributed by atoms with Crippen LogP contribution in [-0.2, 0) is 19.6 Å². The van der Waals surface area contributed by atoms with Crippen LogP contribution in [0.2, 0.25) is 0 Å². The number of carbonyl (C=O) groups is 1. The number of amides is 1. The fraction of sp³-hybridized carbons (Fsp3) is 0.391. The molecule has 0 atom stereocenters. The molecular formula is C23H33Cl2N3O6S. The Morgan fingerprint density at radius 3 is 2.57 bits per heavy atom. The fourth-order valence-electron chi connectivity index (χ4n) is 2.81. The van der Waals surface area contributed by atoms with Crippen molar-refractivity contribution in [2.24, 2.45) is 0 Å². The molecule has 35 heavy (non-hydrogen) atoms. The van der Waals surface area contributed by atoms with Crippen LogP contribution >= 0.6 is 24.8 Å². The summed E-state index contributed by atoms with van der Waals surface area (Å²) in [6.07, 6.45) is 6.27. The van der Waals surface area contributed by atoms with Crippen LogP contribution in [0.15, 0.2) is 36.5 Å². The van der Waals surface area contributed by atoms with Crippen molar-refractivity contribution in [3.8, 4) is 17.4 Å². The van der Waals surface area contributed by atoms with Crippen molar-refractivity contribution in [1.82, 2.24) is 9.71 Å². The third-order valence-corrected chi connectivity index (χ3v) is 5.82. The number of nitrogens with two attached hydrogens (primary N) is 1. The second-order valence-corrected chi connectivity index (χ2v) is 9.20. The molecule has 0 fully saturated rings. The minimum Gasteiger partial charge on any atom is -0.491 e. The lowest BCUT2D eigenvalue weighted by atomic mass is 10.1. The topological polar surface area (TPSA) is 130 Å². The van der Waals surface area contributed by atoms with Gasteiger partial charge in [0, 0.05) is 30.4 Å². The number of nitrogens with zero attached hydrogens (tertiary/aromatic N) is 1. The first kappa shape index (κ1) is 32.5. The van der Waals surface area contributed by atoms with Gasteiger partial charge in [-0.15, -0.1) is 24.8 Å². The maximum absolute atomic E-state index is 12.2. The number of rotatable bonds is 13. The molecule has 1 aromatic heterocycles. The van der Waals surface area contributed by atoms with Crippen molar-refractivity contribution < 1.29 is 27.4 Å². The van der Waals surface area contributed by atoms with Crippen molar-refractivity contribution in [2.75, 3.05) is 31.8 Å². The molecule has 1 aromatic carbocycles. The maximum atomic E-state index is 12.2. The second-order valence-electron chi connectivity index (χ2n) is 7.36. The summed E-state index contributed by atoms with van der Waals surface area (Å²) >= 11 is 0. The number of halogens is 2. The zero-order valence-corrected chi connectivity index (χ0v) is 22.4. The van der Waals surface area contributed by atoms with Gasteiger partial charge in [-0.1, -0.05) is 19.8 Å². The molecule has 0 unspecified atom stereocenters. The quantitative estimate of drug-likeness (QED) is 0.279. The van der Waals surface area contributed by atoms with Gasteiger partial charge in [0.25, 0.3) is 5.91 Å². The lowest BCUT2D eigenvalue weighted by molar-refractivity contribution is -0.114. The van der Waals surface area contributed by atoms with Crippen LogP contribution in [-0.4, -0.2) is 45.4 Å². The van der Waals surface area contributed by atoms with E-state index in [1.54, 1.807) is 31.4 Å². The molecule has 0 radical (unpaired) electrons. The van der Waals surface area contributed by atoms with Gasteiger partial charge in [-0.25, -0.2) is 18.1 Å². The zero-order chi connectivity index (χ0) is 24.3. The van der Waals surface area contributed by atoms with E-state index >= 15 is 0 Å². The molecule has 3 N–H and O–H groups in total. The van der Waals surface area contributed by atoms with Crippen LogP contribution in [0.25, 0.3) is 6.08 Å². The number of benzene rings is 1. The summed E-state index contributed by atoms with van der Waals surface area (Å²) in [5.74, 6) is 0.426. The molecule has 0 bridgehead atoms. The highest BCUT2D eigenvalue weighted by Crippen LogP contribution is 2.31. The van der Waals surface area contributed by atoms with E-state index < -0.39 is 15.9 Å². The average molecular weight is 551 g/mol. The number of hydrogen-bond acceptors (Lipinski definition) is 8. The van der Waals surface area contributed by atoms with Crippen LogP contribution in [0.1, 0.15) is 37.3 Å². The molecule has 196 valence electrons. The minimum atomic E-state index is -3.68. The summed E-state index contributed by atoms with van der Waals surface area (Å²) in [5.41, 5.74) is 7.53. The Hall–Kier alpha value is -2.53. The van der Waals surface area contributed by atoms with Gasteiger partial charge in [0.2, 0.25) is 15.9 Å². The molecule has 1 heterocycles. The van der Waals surface area contributed by atoms with Gasteiger partial charge in [0.1, 0.15) is 18.1 Å². The van der Waals surface area contributed by atoms with Gasteiger partial charge in [0.05, 0.1) is 24.2 Å². The molecule has 0 saturated heterocycles.